The third kappa shape index (κ3) is 3.01. The molecule has 3 rings (SSSR count). The fraction of sp³-hybridized carbons (Fsp3) is 0.500. The maximum Gasteiger partial charge on any atom is 0.224 e. The SMILES string of the molecule is Cn1c(NCCC(=O)N2CCCCC2)nc2ccccc21. The van der Waals surface area contributed by atoms with Gasteiger partial charge in [-0.25, -0.2) is 4.98 Å². The molecular weight excluding hydrogens is 264 g/mol. The zero-order valence-corrected chi connectivity index (χ0v) is 12.5. The highest BCUT2D eigenvalue weighted by atomic mass is 16.2. The molecule has 0 unspecified atom stereocenters. The van der Waals surface area contributed by atoms with Gasteiger partial charge in [-0.1, -0.05) is 12.1 Å². The number of likely N-dealkylation sites (tertiary alicyclic amines) is 1. The average Bonchev–Trinajstić information content (AvgIpc) is 2.85. The van der Waals surface area contributed by atoms with Gasteiger partial charge in [0.2, 0.25) is 11.9 Å². The number of rotatable bonds is 4. The minimum atomic E-state index is 0.251. The molecule has 1 aliphatic rings. The molecule has 0 aliphatic carbocycles. The molecule has 5 nitrogen and oxygen atoms in total. The quantitative estimate of drug-likeness (QED) is 0.939. The molecule has 0 spiro atoms. The van der Waals surface area contributed by atoms with Crippen LogP contribution in [0.1, 0.15) is 25.7 Å². The lowest BCUT2D eigenvalue weighted by atomic mass is 10.1. The van der Waals surface area contributed by atoms with Crippen molar-refractivity contribution in [1.82, 2.24) is 14.5 Å². The fourth-order valence-corrected chi connectivity index (χ4v) is 2.89. The molecule has 1 aromatic carbocycles. The maximum absolute atomic E-state index is 12.1. The number of hydrogen-bond acceptors (Lipinski definition) is 3. The van der Waals surface area contributed by atoms with Crippen LogP contribution in [0.3, 0.4) is 0 Å². The summed E-state index contributed by atoms with van der Waals surface area (Å²) in [6.45, 7) is 2.47. The van der Waals surface area contributed by atoms with Crippen LogP contribution in [-0.2, 0) is 11.8 Å². The Bertz CT molecular complexity index is 628. The van der Waals surface area contributed by atoms with Crippen molar-refractivity contribution in [3.05, 3.63) is 24.3 Å². The zero-order valence-electron chi connectivity index (χ0n) is 12.5. The summed E-state index contributed by atoms with van der Waals surface area (Å²) in [5.41, 5.74) is 2.08. The zero-order chi connectivity index (χ0) is 14.7. The largest absolute Gasteiger partial charge is 0.355 e. The van der Waals surface area contributed by atoms with Gasteiger partial charge in [-0.2, -0.15) is 0 Å². The van der Waals surface area contributed by atoms with E-state index in [-0.39, 0.29) is 5.91 Å². The highest BCUT2D eigenvalue weighted by Crippen LogP contribution is 2.17. The average molecular weight is 286 g/mol. The summed E-state index contributed by atoms with van der Waals surface area (Å²) >= 11 is 0. The number of para-hydroxylation sites is 2. The molecule has 2 aromatic rings. The standard InChI is InChI=1S/C16H22N4O/c1-19-14-8-4-3-7-13(14)18-16(19)17-10-9-15(21)20-11-5-2-6-12-20/h3-4,7-8H,2,5-6,9-12H2,1H3,(H,17,18). The Kier molecular flexibility index (Phi) is 4.08. The van der Waals surface area contributed by atoms with Crippen molar-refractivity contribution in [3.63, 3.8) is 0 Å². The number of imidazole rings is 1. The summed E-state index contributed by atoms with van der Waals surface area (Å²) in [6.07, 6.45) is 4.07. The van der Waals surface area contributed by atoms with Crippen molar-refractivity contribution in [3.8, 4) is 0 Å². The van der Waals surface area contributed by atoms with Crippen molar-refractivity contribution >= 4 is 22.9 Å². The highest BCUT2D eigenvalue weighted by molar-refractivity contribution is 5.79. The van der Waals surface area contributed by atoms with Crippen LogP contribution >= 0.6 is 0 Å². The first-order chi connectivity index (χ1) is 10.3. The Morgan fingerprint density at radius 2 is 2.00 bits per heavy atom. The first-order valence-electron chi connectivity index (χ1n) is 7.69. The molecule has 1 aromatic heterocycles. The van der Waals surface area contributed by atoms with Gasteiger partial charge in [-0.3, -0.25) is 4.79 Å². The number of fused-ring (bicyclic) bond motifs is 1. The Labute approximate surface area is 125 Å². The number of anilines is 1. The number of hydrogen-bond donors (Lipinski definition) is 1. The lowest BCUT2D eigenvalue weighted by Crippen LogP contribution is -2.36. The molecule has 0 atom stereocenters. The molecule has 1 fully saturated rings. The molecule has 2 heterocycles. The van der Waals surface area contributed by atoms with E-state index in [1.165, 1.54) is 6.42 Å². The van der Waals surface area contributed by atoms with E-state index >= 15 is 0 Å². The number of carbonyl (C=O) groups is 1. The molecule has 112 valence electrons. The monoisotopic (exact) mass is 286 g/mol. The van der Waals surface area contributed by atoms with Crippen molar-refractivity contribution < 1.29 is 4.79 Å². The Balaban J connectivity index is 1.56. The van der Waals surface area contributed by atoms with Crippen molar-refractivity contribution in [2.45, 2.75) is 25.7 Å². The Morgan fingerprint density at radius 3 is 2.76 bits per heavy atom. The summed E-state index contributed by atoms with van der Waals surface area (Å²) in [5.74, 6) is 1.07. The second kappa shape index (κ2) is 6.16. The van der Waals surface area contributed by atoms with Gasteiger partial charge < -0.3 is 14.8 Å². The molecule has 0 bridgehead atoms. The van der Waals surface area contributed by atoms with Gasteiger partial charge in [-0.05, 0) is 31.4 Å². The number of piperidine rings is 1. The number of carbonyl (C=O) groups excluding carboxylic acids is 1. The molecule has 1 saturated heterocycles. The van der Waals surface area contributed by atoms with E-state index in [2.05, 4.69) is 10.3 Å². The minimum Gasteiger partial charge on any atom is -0.355 e. The number of nitrogens with zero attached hydrogens (tertiary/aromatic N) is 3. The summed E-state index contributed by atoms with van der Waals surface area (Å²) < 4.78 is 2.03. The van der Waals surface area contributed by atoms with Crippen LogP contribution in [0.5, 0.6) is 0 Å². The molecule has 5 heteroatoms. The smallest absolute Gasteiger partial charge is 0.224 e. The second-order valence-electron chi connectivity index (χ2n) is 5.60. The summed E-state index contributed by atoms with van der Waals surface area (Å²) in [4.78, 5) is 18.6. The van der Waals surface area contributed by atoms with Crippen LogP contribution in [0.2, 0.25) is 0 Å². The fourth-order valence-electron chi connectivity index (χ4n) is 2.89. The summed E-state index contributed by atoms with van der Waals surface area (Å²) in [6, 6.07) is 8.04. The van der Waals surface area contributed by atoms with Crippen molar-refractivity contribution in [2.75, 3.05) is 25.0 Å². The molecule has 1 amide bonds. The number of aryl methyl sites for hydroxylation is 1. The van der Waals surface area contributed by atoms with Crippen LogP contribution < -0.4 is 5.32 Å². The van der Waals surface area contributed by atoms with Crippen molar-refractivity contribution in [2.24, 2.45) is 7.05 Å². The predicted octanol–water partition coefficient (Wildman–Crippen LogP) is 2.39. The number of nitrogens with one attached hydrogen (secondary N) is 1. The van der Waals surface area contributed by atoms with Crippen LogP contribution in [0.4, 0.5) is 5.95 Å². The summed E-state index contributed by atoms with van der Waals surface area (Å²) in [7, 11) is 1.99. The molecule has 0 radical (unpaired) electrons. The van der Waals surface area contributed by atoms with Crippen LogP contribution in [0.25, 0.3) is 11.0 Å². The number of aromatic nitrogens is 2. The lowest BCUT2D eigenvalue weighted by Gasteiger charge is -2.26. The van der Waals surface area contributed by atoms with Crippen molar-refractivity contribution in [1.29, 1.82) is 0 Å². The van der Waals surface area contributed by atoms with Gasteiger partial charge in [0.1, 0.15) is 0 Å². The number of amides is 1. The van der Waals surface area contributed by atoms with Crippen LogP contribution in [0.15, 0.2) is 24.3 Å². The molecular formula is C16H22N4O. The van der Waals surface area contributed by atoms with Gasteiger partial charge in [0, 0.05) is 33.1 Å². The number of benzene rings is 1. The first kappa shape index (κ1) is 13.9. The Hall–Kier alpha value is -2.04. The van der Waals surface area contributed by atoms with Crippen LogP contribution in [-0.4, -0.2) is 40.0 Å². The topological polar surface area (TPSA) is 50.2 Å². The molecule has 1 aliphatic heterocycles. The molecule has 1 N–H and O–H groups in total. The normalized spacial score (nSPS) is 15.4. The van der Waals surface area contributed by atoms with E-state index in [1.54, 1.807) is 0 Å². The van der Waals surface area contributed by atoms with E-state index in [0.29, 0.717) is 13.0 Å². The second-order valence-corrected chi connectivity index (χ2v) is 5.60. The van der Waals surface area contributed by atoms with Gasteiger partial charge >= 0.3 is 0 Å². The van der Waals surface area contributed by atoms with E-state index in [1.807, 2.05) is 40.8 Å². The molecule has 21 heavy (non-hydrogen) atoms. The van der Waals surface area contributed by atoms with E-state index in [9.17, 15) is 4.79 Å². The minimum absolute atomic E-state index is 0.251. The van der Waals surface area contributed by atoms with Gasteiger partial charge in [-0.15, -0.1) is 0 Å². The van der Waals surface area contributed by atoms with Gasteiger partial charge in [0.25, 0.3) is 0 Å². The predicted molar refractivity (Wildman–Crippen MR) is 84.3 cm³/mol. The lowest BCUT2D eigenvalue weighted by molar-refractivity contribution is -0.131. The first-order valence-corrected chi connectivity index (χ1v) is 7.69. The third-order valence-electron chi connectivity index (χ3n) is 4.12. The summed E-state index contributed by atoms with van der Waals surface area (Å²) in [5, 5.41) is 3.28. The highest BCUT2D eigenvalue weighted by Gasteiger charge is 2.16. The van der Waals surface area contributed by atoms with Gasteiger partial charge in [0.15, 0.2) is 0 Å². The van der Waals surface area contributed by atoms with E-state index in [0.717, 1.165) is 42.9 Å². The van der Waals surface area contributed by atoms with Gasteiger partial charge in [0.05, 0.1) is 11.0 Å². The van der Waals surface area contributed by atoms with Crippen LogP contribution in [0, 0.1) is 0 Å². The Morgan fingerprint density at radius 1 is 1.24 bits per heavy atom. The maximum atomic E-state index is 12.1. The molecule has 0 saturated carbocycles. The van der Waals surface area contributed by atoms with E-state index < -0.39 is 0 Å². The third-order valence-corrected chi connectivity index (χ3v) is 4.12. The van der Waals surface area contributed by atoms with E-state index in [4.69, 9.17) is 0 Å².